The number of hydrogen-bond acceptors (Lipinski definition) is 7. The van der Waals surface area contributed by atoms with Crippen LogP contribution < -0.4 is 0 Å². The quantitative estimate of drug-likeness (QED) is 0.116. The molecule has 7 heteroatoms. The number of carbonyl (C=O) groups excluding carboxylic acids is 2. The Morgan fingerprint density at radius 1 is 0.606 bits per heavy atom. The second-order valence-corrected chi connectivity index (χ2v) is 9.46. The van der Waals surface area contributed by atoms with Crippen molar-refractivity contribution in [3.8, 4) is 0 Å². The molecule has 7 nitrogen and oxygen atoms in total. The zero-order chi connectivity index (χ0) is 25.3. The maximum atomic E-state index is 13.0. The zero-order valence-corrected chi connectivity index (χ0v) is 21.5. The van der Waals surface area contributed by atoms with E-state index in [2.05, 4.69) is 0 Å². The second-order valence-electron chi connectivity index (χ2n) is 9.46. The molecule has 0 rings (SSSR count). The Morgan fingerprint density at radius 3 is 1.21 bits per heavy atom. The molecule has 0 aromatic rings. The van der Waals surface area contributed by atoms with Gasteiger partial charge in [0.2, 0.25) is 0 Å². The van der Waals surface area contributed by atoms with E-state index in [4.69, 9.17) is 4.74 Å². The number of unbranched alkanes of at least 4 members (excludes halogenated alkanes) is 8. The van der Waals surface area contributed by atoms with Gasteiger partial charge in [-0.15, -0.1) is 0 Å². The Bertz CT molecular complexity index is 493. The lowest BCUT2D eigenvalue weighted by atomic mass is 9.86. The molecule has 4 N–H and O–H groups in total. The largest absolute Gasteiger partial charge is 0.389 e. The average molecular weight is 475 g/mol. The molecule has 0 aliphatic heterocycles. The van der Waals surface area contributed by atoms with Gasteiger partial charge in [-0.05, 0) is 38.5 Å². The first-order valence-electron chi connectivity index (χ1n) is 13.2. The van der Waals surface area contributed by atoms with Crippen molar-refractivity contribution in [3.05, 3.63) is 0 Å². The summed E-state index contributed by atoms with van der Waals surface area (Å²) in [5, 5.41) is 43.5. The number of aliphatic hydroxyl groups is 4. The van der Waals surface area contributed by atoms with Crippen molar-refractivity contribution in [2.24, 2.45) is 0 Å². The average Bonchev–Trinajstić information content (AvgIpc) is 2.79. The second kappa shape index (κ2) is 17.4. The van der Waals surface area contributed by atoms with Crippen molar-refractivity contribution in [2.75, 3.05) is 0 Å². The Balaban J connectivity index is 5.56. The third-order valence-corrected chi connectivity index (χ3v) is 6.48. The summed E-state index contributed by atoms with van der Waals surface area (Å²) in [6, 6.07) is 0. The molecule has 0 amide bonds. The monoisotopic (exact) mass is 474 g/mol. The maximum Gasteiger partial charge on any atom is 0.348 e. The highest BCUT2D eigenvalue weighted by molar-refractivity contribution is 5.94. The first-order chi connectivity index (χ1) is 15.6. The number of hydrogen-bond donors (Lipinski definition) is 4. The highest BCUT2D eigenvalue weighted by Crippen LogP contribution is 2.29. The van der Waals surface area contributed by atoms with Crippen molar-refractivity contribution in [3.63, 3.8) is 0 Å². The zero-order valence-electron chi connectivity index (χ0n) is 21.5. The summed E-state index contributed by atoms with van der Waals surface area (Å²) in [6.07, 6.45) is 6.60. The summed E-state index contributed by atoms with van der Waals surface area (Å²) in [5.41, 5.74) is -4.45. The fourth-order valence-electron chi connectivity index (χ4n) is 4.01. The van der Waals surface area contributed by atoms with Gasteiger partial charge in [0, 0.05) is 0 Å². The van der Waals surface area contributed by atoms with Crippen molar-refractivity contribution < 1.29 is 34.8 Å². The molecule has 4 atom stereocenters. The Hall–Kier alpha value is -1.02. The van der Waals surface area contributed by atoms with Gasteiger partial charge in [0.05, 0.1) is 12.2 Å². The molecule has 0 aromatic carbocycles. The van der Waals surface area contributed by atoms with E-state index in [0.29, 0.717) is 25.7 Å². The molecule has 4 unspecified atom stereocenters. The third kappa shape index (κ3) is 10.8. The number of carbonyl (C=O) groups is 2. The SMILES string of the molecule is CCCCCC(O)C(O)(CCCCC)C(=O)OC(=O)C(O)(CCCCC)C(O)CCCCC. The molecule has 0 bridgehead atoms. The third-order valence-electron chi connectivity index (χ3n) is 6.48. The van der Waals surface area contributed by atoms with Crippen molar-refractivity contribution in [1.82, 2.24) is 0 Å². The lowest BCUT2D eigenvalue weighted by molar-refractivity contribution is -0.200. The van der Waals surface area contributed by atoms with E-state index in [1.165, 1.54) is 0 Å². The van der Waals surface area contributed by atoms with Crippen LogP contribution in [0.3, 0.4) is 0 Å². The van der Waals surface area contributed by atoms with Crippen molar-refractivity contribution in [2.45, 2.75) is 154 Å². The molecule has 0 aliphatic carbocycles. The van der Waals surface area contributed by atoms with Crippen LogP contribution in [0.5, 0.6) is 0 Å². The van der Waals surface area contributed by atoms with Gasteiger partial charge in [0.1, 0.15) is 0 Å². The molecule has 0 radical (unpaired) electrons. The topological polar surface area (TPSA) is 124 Å². The Morgan fingerprint density at radius 2 is 0.909 bits per heavy atom. The van der Waals surface area contributed by atoms with E-state index in [0.717, 1.165) is 51.4 Å². The van der Waals surface area contributed by atoms with E-state index in [9.17, 15) is 30.0 Å². The minimum atomic E-state index is -2.23. The van der Waals surface area contributed by atoms with Gasteiger partial charge in [-0.3, -0.25) is 0 Å². The highest BCUT2D eigenvalue weighted by atomic mass is 16.6. The summed E-state index contributed by atoms with van der Waals surface area (Å²) in [4.78, 5) is 25.9. The van der Waals surface area contributed by atoms with Gasteiger partial charge < -0.3 is 25.2 Å². The number of rotatable bonds is 20. The standard InChI is InChI=1S/C26H50O7/c1-5-9-13-17-21(27)25(31,19-15-11-7-3)23(29)33-24(30)26(32,20-16-12-8-4)22(28)18-14-10-6-2/h21-22,27-28,31-32H,5-20H2,1-4H3. The summed E-state index contributed by atoms with van der Waals surface area (Å²) < 4.78 is 5.00. The van der Waals surface area contributed by atoms with Gasteiger partial charge >= 0.3 is 11.9 Å². The van der Waals surface area contributed by atoms with Crippen molar-refractivity contribution >= 4 is 11.9 Å². The lowest BCUT2D eigenvalue weighted by Gasteiger charge is -2.34. The number of esters is 2. The van der Waals surface area contributed by atoms with E-state index in [-0.39, 0.29) is 25.7 Å². The van der Waals surface area contributed by atoms with Crippen LogP contribution in [-0.4, -0.2) is 55.8 Å². The number of ether oxygens (including phenoxy) is 1. The van der Waals surface area contributed by atoms with E-state index in [1.807, 2.05) is 27.7 Å². The fraction of sp³-hybridized carbons (Fsp3) is 0.923. The van der Waals surface area contributed by atoms with Gasteiger partial charge in [0.25, 0.3) is 0 Å². The van der Waals surface area contributed by atoms with Crippen LogP contribution in [0.15, 0.2) is 0 Å². The van der Waals surface area contributed by atoms with E-state index < -0.39 is 35.3 Å². The molecule has 0 aliphatic rings. The summed E-state index contributed by atoms with van der Waals surface area (Å²) in [7, 11) is 0. The maximum absolute atomic E-state index is 13.0. The van der Waals surface area contributed by atoms with Crippen LogP contribution in [0.25, 0.3) is 0 Å². The predicted octanol–water partition coefficient (Wildman–Crippen LogP) is 4.56. The normalized spacial score (nSPS) is 17.1. The fourth-order valence-corrected chi connectivity index (χ4v) is 4.01. The first-order valence-corrected chi connectivity index (χ1v) is 13.2. The highest BCUT2D eigenvalue weighted by Gasteiger charge is 2.50. The Kier molecular flexibility index (Phi) is 16.9. The molecular formula is C26H50O7. The summed E-state index contributed by atoms with van der Waals surface area (Å²) in [6.45, 7) is 7.99. The molecule has 0 saturated carbocycles. The predicted molar refractivity (Wildman–Crippen MR) is 130 cm³/mol. The van der Waals surface area contributed by atoms with Gasteiger partial charge in [-0.1, -0.05) is 91.9 Å². The smallest absolute Gasteiger partial charge is 0.348 e. The molecule has 0 fully saturated rings. The molecule has 196 valence electrons. The van der Waals surface area contributed by atoms with Crippen molar-refractivity contribution in [1.29, 1.82) is 0 Å². The van der Waals surface area contributed by atoms with Crippen LogP contribution in [0.2, 0.25) is 0 Å². The van der Waals surface area contributed by atoms with Crippen LogP contribution in [0, 0.1) is 0 Å². The van der Waals surface area contributed by atoms with Crippen LogP contribution in [0.4, 0.5) is 0 Å². The number of aliphatic hydroxyl groups excluding tert-OH is 2. The Labute approximate surface area is 200 Å². The molecule has 33 heavy (non-hydrogen) atoms. The van der Waals surface area contributed by atoms with Crippen LogP contribution >= 0.6 is 0 Å². The molecule has 0 heterocycles. The van der Waals surface area contributed by atoms with Crippen LogP contribution in [0.1, 0.15) is 130 Å². The summed E-state index contributed by atoms with van der Waals surface area (Å²) in [5.74, 6) is -2.50. The molecule has 0 spiro atoms. The molecule has 0 aromatic heterocycles. The van der Waals surface area contributed by atoms with E-state index >= 15 is 0 Å². The minimum Gasteiger partial charge on any atom is -0.389 e. The van der Waals surface area contributed by atoms with Crippen LogP contribution in [-0.2, 0) is 14.3 Å². The first kappa shape index (κ1) is 32.0. The van der Waals surface area contributed by atoms with Gasteiger partial charge in [-0.25, -0.2) is 9.59 Å². The van der Waals surface area contributed by atoms with Gasteiger partial charge in [0.15, 0.2) is 11.2 Å². The minimum absolute atomic E-state index is 0.0342. The molecule has 0 saturated heterocycles. The lowest BCUT2D eigenvalue weighted by Crippen LogP contribution is -2.56. The van der Waals surface area contributed by atoms with Gasteiger partial charge in [-0.2, -0.15) is 0 Å². The molecular weight excluding hydrogens is 424 g/mol. The summed E-state index contributed by atoms with van der Waals surface area (Å²) >= 11 is 0. The van der Waals surface area contributed by atoms with E-state index in [1.54, 1.807) is 0 Å².